The number of benzene rings is 5. The van der Waals surface area contributed by atoms with Gasteiger partial charge in [-0.2, -0.15) is 0 Å². The molecule has 0 atom stereocenters. The van der Waals surface area contributed by atoms with Crippen LogP contribution in [0.1, 0.15) is 31.8 Å². The van der Waals surface area contributed by atoms with Gasteiger partial charge >= 0.3 is 0 Å². The summed E-state index contributed by atoms with van der Waals surface area (Å²) >= 11 is 6.12. The van der Waals surface area contributed by atoms with Crippen molar-refractivity contribution in [3.63, 3.8) is 0 Å². The number of hydrogen-bond donors (Lipinski definition) is 1. The first-order valence-electron chi connectivity index (χ1n) is 12.3. The lowest BCUT2D eigenvalue weighted by Gasteiger charge is -2.13. The second-order valence-corrected chi connectivity index (χ2v) is 9.68. The Bertz CT molecular complexity index is 1840. The van der Waals surface area contributed by atoms with Gasteiger partial charge in [-0.25, -0.2) is 0 Å². The number of fused-ring (bicyclic) bond motifs is 3. The summed E-state index contributed by atoms with van der Waals surface area (Å²) in [7, 11) is 0. The van der Waals surface area contributed by atoms with Crippen LogP contribution in [0.4, 0.5) is 0 Å². The summed E-state index contributed by atoms with van der Waals surface area (Å²) in [5.41, 5.74) is 12.3. The lowest BCUT2D eigenvalue weighted by atomic mass is 9.98. The standard InChI is InChI=1S/C33H23ClN2O2/c34-25-16-13-21(14-17-25)23-15-18-27-30(19-23)36(29-12-6-11-28(31(27)29)33(35)38)20-24-9-4-5-10-26(24)32(37)22-7-2-1-3-8-22/h1-19H,20H2,(H2,35,38). The van der Waals surface area contributed by atoms with Gasteiger partial charge in [0.15, 0.2) is 5.78 Å². The van der Waals surface area contributed by atoms with Crippen LogP contribution in [0.5, 0.6) is 0 Å². The molecular weight excluding hydrogens is 492 g/mol. The highest BCUT2D eigenvalue weighted by Crippen LogP contribution is 2.35. The van der Waals surface area contributed by atoms with E-state index in [1.165, 1.54) is 0 Å². The molecule has 0 spiro atoms. The van der Waals surface area contributed by atoms with Crippen molar-refractivity contribution in [3.05, 3.63) is 143 Å². The van der Waals surface area contributed by atoms with E-state index in [2.05, 4.69) is 10.6 Å². The molecule has 2 N–H and O–H groups in total. The Kier molecular flexibility index (Phi) is 6.02. The molecule has 1 aromatic heterocycles. The maximum absolute atomic E-state index is 13.5. The number of nitrogens with two attached hydrogens (primary N) is 1. The molecule has 6 rings (SSSR count). The first-order chi connectivity index (χ1) is 18.5. The number of ketones is 1. The zero-order chi connectivity index (χ0) is 26.2. The normalized spacial score (nSPS) is 11.2. The fourth-order valence-corrected chi connectivity index (χ4v) is 5.26. The third-order valence-corrected chi connectivity index (χ3v) is 7.21. The highest BCUT2D eigenvalue weighted by Gasteiger charge is 2.19. The maximum atomic E-state index is 13.5. The van der Waals surface area contributed by atoms with Crippen molar-refractivity contribution in [1.29, 1.82) is 0 Å². The van der Waals surface area contributed by atoms with E-state index in [0.29, 0.717) is 28.3 Å². The molecule has 0 bridgehead atoms. The van der Waals surface area contributed by atoms with Gasteiger partial charge in [0.25, 0.3) is 0 Å². The number of primary amides is 1. The lowest BCUT2D eigenvalue weighted by Crippen LogP contribution is -2.11. The van der Waals surface area contributed by atoms with Gasteiger partial charge in [-0.15, -0.1) is 0 Å². The fourth-order valence-electron chi connectivity index (χ4n) is 5.14. The second kappa shape index (κ2) is 9.66. The predicted octanol–water partition coefficient (Wildman–Crippen LogP) is 7.49. The van der Waals surface area contributed by atoms with Crippen LogP contribution >= 0.6 is 11.6 Å². The molecule has 1 amide bonds. The summed E-state index contributed by atoms with van der Waals surface area (Å²) in [6, 6.07) is 36.5. The molecule has 38 heavy (non-hydrogen) atoms. The molecule has 184 valence electrons. The van der Waals surface area contributed by atoms with Crippen LogP contribution < -0.4 is 5.73 Å². The smallest absolute Gasteiger partial charge is 0.249 e. The Morgan fingerprint density at radius 3 is 2.13 bits per heavy atom. The van der Waals surface area contributed by atoms with Crippen LogP contribution in [-0.4, -0.2) is 16.3 Å². The van der Waals surface area contributed by atoms with E-state index in [4.69, 9.17) is 17.3 Å². The quantitative estimate of drug-likeness (QED) is 0.234. The minimum absolute atomic E-state index is 0.0263. The van der Waals surface area contributed by atoms with Crippen molar-refractivity contribution in [3.8, 4) is 11.1 Å². The van der Waals surface area contributed by atoms with Crippen LogP contribution in [-0.2, 0) is 6.54 Å². The van der Waals surface area contributed by atoms with E-state index in [1.807, 2.05) is 103 Å². The Morgan fingerprint density at radius 1 is 0.684 bits per heavy atom. The Morgan fingerprint density at radius 2 is 1.37 bits per heavy atom. The van der Waals surface area contributed by atoms with Crippen molar-refractivity contribution in [2.45, 2.75) is 6.54 Å². The Hall–Kier alpha value is -4.67. The monoisotopic (exact) mass is 514 g/mol. The topological polar surface area (TPSA) is 65.1 Å². The highest BCUT2D eigenvalue weighted by molar-refractivity contribution is 6.30. The third kappa shape index (κ3) is 4.15. The number of carbonyl (C=O) groups excluding carboxylic acids is 2. The maximum Gasteiger partial charge on any atom is 0.249 e. The largest absolute Gasteiger partial charge is 0.366 e. The summed E-state index contributed by atoms with van der Waals surface area (Å²) in [5.74, 6) is -0.502. The summed E-state index contributed by atoms with van der Waals surface area (Å²) in [6.45, 7) is 0.445. The number of rotatable bonds is 6. The fraction of sp³-hybridized carbons (Fsp3) is 0.0303. The Balaban J connectivity index is 1.57. The van der Waals surface area contributed by atoms with Gasteiger partial charge in [-0.1, -0.05) is 96.5 Å². The summed E-state index contributed by atoms with van der Waals surface area (Å²) in [4.78, 5) is 25.9. The van der Waals surface area contributed by atoms with E-state index in [-0.39, 0.29) is 5.78 Å². The number of hydrogen-bond acceptors (Lipinski definition) is 2. The van der Waals surface area contributed by atoms with Crippen LogP contribution in [0.2, 0.25) is 5.02 Å². The zero-order valence-corrected chi connectivity index (χ0v) is 21.2. The average Bonchev–Trinajstić information content (AvgIpc) is 3.26. The third-order valence-electron chi connectivity index (χ3n) is 6.96. The van der Waals surface area contributed by atoms with E-state index in [0.717, 1.165) is 38.5 Å². The minimum Gasteiger partial charge on any atom is -0.366 e. The van der Waals surface area contributed by atoms with Crippen molar-refractivity contribution >= 4 is 45.1 Å². The lowest BCUT2D eigenvalue weighted by molar-refractivity contribution is 0.1000. The minimum atomic E-state index is -0.476. The van der Waals surface area contributed by atoms with Crippen LogP contribution in [0.25, 0.3) is 32.9 Å². The number of carbonyl (C=O) groups is 2. The summed E-state index contributed by atoms with van der Waals surface area (Å²) in [6.07, 6.45) is 0. The van der Waals surface area contributed by atoms with Crippen molar-refractivity contribution in [2.75, 3.05) is 0 Å². The predicted molar refractivity (Wildman–Crippen MR) is 154 cm³/mol. The van der Waals surface area contributed by atoms with Gasteiger partial charge in [0.05, 0.1) is 11.0 Å². The molecule has 5 aromatic carbocycles. The molecule has 5 heteroatoms. The van der Waals surface area contributed by atoms with Gasteiger partial charge in [-0.3, -0.25) is 9.59 Å². The Labute approximate surface area is 224 Å². The second-order valence-electron chi connectivity index (χ2n) is 9.24. The van der Waals surface area contributed by atoms with Gasteiger partial charge in [-0.05, 0) is 47.0 Å². The van der Waals surface area contributed by atoms with Gasteiger partial charge in [0.2, 0.25) is 5.91 Å². The van der Waals surface area contributed by atoms with Crippen LogP contribution in [0.15, 0.2) is 115 Å². The number of halogens is 1. The first kappa shape index (κ1) is 23.7. The molecule has 0 aliphatic heterocycles. The molecule has 4 nitrogen and oxygen atoms in total. The molecule has 1 heterocycles. The first-order valence-corrected chi connectivity index (χ1v) is 12.7. The summed E-state index contributed by atoms with van der Waals surface area (Å²) in [5, 5.41) is 2.42. The zero-order valence-electron chi connectivity index (χ0n) is 20.4. The molecular formula is C33H23ClN2O2. The van der Waals surface area contributed by atoms with Crippen molar-refractivity contribution in [1.82, 2.24) is 4.57 Å². The van der Waals surface area contributed by atoms with Gasteiger partial charge in [0.1, 0.15) is 0 Å². The molecule has 0 aliphatic rings. The average molecular weight is 515 g/mol. The molecule has 0 fully saturated rings. The van der Waals surface area contributed by atoms with Crippen molar-refractivity contribution < 1.29 is 9.59 Å². The van der Waals surface area contributed by atoms with E-state index >= 15 is 0 Å². The number of aromatic nitrogens is 1. The molecule has 0 aliphatic carbocycles. The SMILES string of the molecule is NC(=O)c1cccc2c1c1ccc(-c3ccc(Cl)cc3)cc1n2Cc1ccccc1C(=O)c1ccccc1. The van der Waals surface area contributed by atoms with E-state index < -0.39 is 5.91 Å². The molecule has 6 aromatic rings. The molecule has 0 saturated carbocycles. The van der Waals surface area contributed by atoms with Gasteiger partial charge in [0, 0.05) is 39.0 Å². The molecule has 0 radical (unpaired) electrons. The molecule has 0 unspecified atom stereocenters. The van der Waals surface area contributed by atoms with Crippen LogP contribution in [0.3, 0.4) is 0 Å². The van der Waals surface area contributed by atoms with E-state index in [1.54, 1.807) is 6.07 Å². The van der Waals surface area contributed by atoms with Crippen LogP contribution in [0, 0.1) is 0 Å². The van der Waals surface area contributed by atoms with Gasteiger partial charge < -0.3 is 10.3 Å². The number of nitrogens with zero attached hydrogens (tertiary/aromatic N) is 1. The molecule has 0 saturated heterocycles. The van der Waals surface area contributed by atoms with E-state index in [9.17, 15) is 9.59 Å². The number of amides is 1. The summed E-state index contributed by atoms with van der Waals surface area (Å²) < 4.78 is 2.16. The highest BCUT2D eigenvalue weighted by atomic mass is 35.5. The van der Waals surface area contributed by atoms with Crippen molar-refractivity contribution in [2.24, 2.45) is 5.73 Å².